The first-order chi connectivity index (χ1) is 9.35. The third-order valence-corrected chi connectivity index (χ3v) is 6.04. The topological polar surface area (TPSA) is 96.1 Å². The van der Waals surface area contributed by atoms with Crippen molar-refractivity contribution in [3.8, 4) is 6.07 Å². The van der Waals surface area contributed by atoms with Gasteiger partial charge in [0.05, 0.1) is 5.69 Å². The quantitative estimate of drug-likeness (QED) is 0.871. The minimum absolute atomic E-state index is 0.219. The van der Waals surface area contributed by atoms with E-state index in [2.05, 4.69) is 24.8 Å². The molecule has 1 aromatic rings. The molecular formula is C13H18N4OS2. The van der Waals surface area contributed by atoms with Gasteiger partial charge in [-0.2, -0.15) is 17.0 Å². The van der Waals surface area contributed by atoms with Crippen LogP contribution in [0.5, 0.6) is 0 Å². The third-order valence-electron chi connectivity index (χ3n) is 3.39. The molecule has 0 atom stereocenters. The summed E-state index contributed by atoms with van der Waals surface area (Å²) in [6, 6.07) is 2.11. The summed E-state index contributed by atoms with van der Waals surface area (Å²) in [4.78, 5) is 13.8. The van der Waals surface area contributed by atoms with Gasteiger partial charge in [0, 0.05) is 23.6 Å². The molecule has 108 valence electrons. The molecule has 7 heteroatoms. The van der Waals surface area contributed by atoms with Crippen molar-refractivity contribution in [3.05, 3.63) is 10.4 Å². The van der Waals surface area contributed by atoms with Crippen molar-refractivity contribution in [2.45, 2.75) is 25.0 Å². The van der Waals surface area contributed by atoms with Crippen LogP contribution in [0.4, 0.5) is 10.7 Å². The van der Waals surface area contributed by atoms with Gasteiger partial charge in [-0.3, -0.25) is 4.79 Å². The maximum Gasteiger partial charge on any atom is 0.261 e. The second-order valence-corrected chi connectivity index (χ2v) is 8.15. The maximum absolute atomic E-state index is 11.4. The Balaban J connectivity index is 2.35. The highest BCUT2D eigenvalue weighted by Crippen LogP contribution is 2.40. The van der Waals surface area contributed by atoms with Crippen molar-refractivity contribution in [1.29, 1.82) is 5.26 Å². The third kappa shape index (κ3) is 2.86. The summed E-state index contributed by atoms with van der Waals surface area (Å²) in [5.74, 6) is 0.418. The van der Waals surface area contributed by atoms with Gasteiger partial charge in [-0.25, -0.2) is 0 Å². The second kappa shape index (κ2) is 5.54. The van der Waals surface area contributed by atoms with Crippen LogP contribution in [0.25, 0.3) is 0 Å². The molecule has 2 heterocycles. The molecule has 1 aliphatic rings. The van der Waals surface area contributed by atoms with Crippen molar-refractivity contribution < 1.29 is 4.79 Å². The Bertz CT molecular complexity index is 574. The average molecular weight is 310 g/mol. The lowest BCUT2D eigenvalue weighted by molar-refractivity contribution is 0.100. The van der Waals surface area contributed by atoms with E-state index in [0.29, 0.717) is 5.56 Å². The van der Waals surface area contributed by atoms with Crippen LogP contribution in [0, 0.1) is 11.3 Å². The van der Waals surface area contributed by atoms with Crippen LogP contribution in [0.3, 0.4) is 0 Å². The molecule has 1 amide bonds. The van der Waals surface area contributed by atoms with E-state index in [9.17, 15) is 10.1 Å². The summed E-state index contributed by atoms with van der Waals surface area (Å²) in [5.41, 5.74) is 11.8. The number of hydrogen-bond donors (Lipinski definition) is 2. The van der Waals surface area contributed by atoms with Gasteiger partial charge in [-0.05, 0) is 6.42 Å². The summed E-state index contributed by atoms with van der Waals surface area (Å²) in [6.45, 7) is 6.15. The minimum atomic E-state index is -0.570. The molecule has 1 saturated heterocycles. The molecule has 4 N–H and O–H groups in total. The number of hydrogen-bond acceptors (Lipinski definition) is 6. The number of nitrogens with zero attached hydrogens (tertiary/aromatic N) is 2. The van der Waals surface area contributed by atoms with Gasteiger partial charge in [0.25, 0.3) is 5.91 Å². The van der Waals surface area contributed by atoms with Crippen LogP contribution < -0.4 is 16.4 Å². The number of thioether (sulfide) groups is 1. The standard InChI is InChI=1S/C13H18N4OS2/c1-13(2)3-4-17(5-6-19-13)12-8(7-14)9(15)10(20-12)11(16)18/h3-6,15H2,1-2H3,(H2,16,18). The number of primary amides is 1. The first-order valence-electron chi connectivity index (χ1n) is 6.37. The van der Waals surface area contributed by atoms with E-state index in [1.54, 1.807) is 0 Å². The van der Waals surface area contributed by atoms with Gasteiger partial charge >= 0.3 is 0 Å². The number of thiophene rings is 1. The molecule has 2 rings (SSSR count). The van der Waals surface area contributed by atoms with E-state index in [0.717, 1.165) is 30.3 Å². The highest BCUT2D eigenvalue weighted by Gasteiger charge is 2.28. The zero-order valence-corrected chi connectivity index (χ0v) is 13.2. The van der Waals surface area contributed by atoms with Crippen LogP contribution >= 0.6 is 23.1 Å². The maximum atomic E-state index is 11.4. The van der Waals surface area contributed by atoms with E-state index >= 15 is 0 Å². The fourth-order valence-corrected chi connectivity index (χ4v) is 4.34. The first-order valence-corrected chi connectivity index (χ1v) is 8.17. The highest BCUT2D eigenvalue weighted by atomic mass is 32.2. The van der Waals surface area contributed by atoms with Gasteiger partial charge in [0.15, 0.2) is 0 Å². The van der Waals surface area contributed by atoms with Crippen molar-refractivity contribution in [2.75, 3.05) is 29.5 Å². The Morgan fingerprint density at radius 3 is 2.75 bits per heavy atom. The molecule has 0 aliphatic carbocycles. The van der Waals surface area contributed by atoms with Gasteiger partial charge in [0.1, 0.15) is 21.5 Å². The predicted octanol–water partition coefficient (Wildman–Crippen LogP) is 2.02. The van der Waals surface area contributed by atoms with Crippen LogP contribution in [-0.4, -0.2) is 29.5 Å². The molecule has 1 aliphatic heterocycles. The van der Waals surface area contributed by atoms with Gasteiger partial charge in [-0.15, -0.1) is 11.3 Å². The van der Waals surface area contributed by atoms with Gasteiger partial charge < -0.3 is 16.4 Å². The van der Waals surface area contributed by atoms with E-state index in [-0.39, 0.29) is 15.3 Å². The summed E-state index contributed by atoms with van der Waals surface area (Å²) in [7, 11) is 0. The monoisotopic (exact) mass is 310 g/mol. The Kier molecular flexibility index (Phi) is 4.16. The predicted molar refractivity (Wildman–Crippen MR) is 85.3 cm³/mol. The van der Waals surface area contributed by atoms with Crippen molar-refractivity contribution in [2.24, 2.45) is 5.73 Å². The number of anilines is 2. The number of nitrogens with two attached hydrogens (primary N) is 2. The van der Waals surface area contributed by atoms with Crippen LogP contribution in [0.1, 0.15) is 35.5 Å². The highest BCUT2D eigenvalue weighted by molar-refractivity contribution is 8.00. The van der Waals surface area contributed by atoms with Gasteiger partial charge in [-0.1, -0.05) is 13.8 Å². The number of amides is 1. The zero-order chi connectivity index (χ0) is 14.9. The molecule has 20 heavy (non-hydrogen) atoms. The Hall–Kier alpha value is -1.39. The molecule has 0 unspecified atom stereocenters. The zero-order valence-electron chi connectivity index (χ0n) is 11.6. The lowest BCUT2D eigenvalue weighted by Crippen LogP contribution is -2.26. The molecule has 0 bridgehead atoms. The first kappa shape index (κ1) is 15.0. The molecule has 0 radical (unpaired) electrons. The normalized spacial score (nSPS) is 18.4. The fourth-order valence-electron chi connectivity index (χ4n) is 2.17. The smallest absolute Gasteiger partial charge is 0.261 e. The number of nitriles is 1. The average Bonchev–Trinajstić information content (AvgIpc) is 2.59. The van der Waals surface area contributed by atoms with Crippen LogP contribution in [0.15, 0.2) is 0 Å². The summed E-state index contributed by atoms with van der Waals surface area (Å²) >= 11 is 3.16. The molecule has 0 saturated carbocycles. The molecule has 5 nitrogen and oxygen atoms in total. The number of carbonyl (C=O) groups is 1. The van der Waals surface area contributed by atoms with E-state index in [1.165, 1.54) is 11.3 Å². The van der Waals surface area contributed by atoms with Crippen molar-refractivity contribution in [3.63, 3.8) is 0 Å². The van der Waals surface area contributed by atoms with Crippen LogP contribution in [-0.2, 0) is 0 Å². The van der Waals surface area contributed by atoms with Gasteiger partial charge in [0.2, 0.25) is 0 Å². The SMILES string of the molecule is CC1(C)CCN(c2sc(C(N)=O)c(N)c2C#N)CCS1. The summed E-state index contributed by atoms with van der Waals surface area (Å²) < 4.78 is 0.233. The van der Waals surface area contributed by atoms with Crippen LogP contribution in [0.2, 0.25) is 0 Å². The Morgan fingerprint density at radius 2 is 2.15 bits per heavy atom. The lowest BCUT2D eigenvalue weighted by Gasteiger charge is -2.23. The number of carbonyl (C=O) groups excluding carboxylic acids is 1. The number of rotatable bonds is 2. The molecule has 1 aromatic heterocycles. The molecule has 1 fully saturated rings. The largest absolute Gasteiger partial charge is 0.396 e. The Morgan fingerprint density at radius 1 is 1.45 bits per heavy atom. The van der Waals surface area contributed by atoms with E-state index in [4.69, 9.17) is 11.5 Å². The summed E-state index contributed by atoms with van der Waals surface area (Å²) in [6.07, 6.45) is 1.02. The minimum Gasteiger partial charge on any atom is -0.396 e. The van der Waals surface area contributed by atoms with E-state index in [1.807, 2.05) is 11.8 Å². The molecule has 0 spiro atoms. The Labute approximate surface area is 126 Å². The molecular weight excluding hydrogens is 292 g/mol. The fraction of sp³-hybridized carbons (Fsp3) is 0.538. The van der Waals surface area contributed by atoms with Crippen molar-refractivity contribution >= 4 is 39.7 Å². The molecule has 0 aromatic carbocycles. The van der Waals surface area contributed by atoms with Crippen molar-refractivity contribution in [1.82, 2.24) is 0 Å². The second-order valence-electron chi connectivity index (χ2n) is 5.35. The van der Waals surface area contributed by atoms with E-state index < -0.39 is 5.91 Å². The summed E-state index contributed by atoms with van der Waals surface area (Å²) in [5, 5.41) is 10.1. The number of nitrogen functional groups attached to an aromatic ring is 1. The lowest BCUT2D eigenvalue weighted by atomic mass is 10.1.